The van der Waals surface area contributed by atoms with E-state index in [-0.39, 0.29) is 5.97 Å². The summed E-state index contributed by atoms with van der Waals surface area (Å²) in [5.74, 6) is 0.305. The van der Waals surface area contributed by atoms with Crippen LogP contribution in [0.5, 0.6) is 5.88 Å². The van der Waals surface area contributed by atoms with Crippen LogP contribution in [0.25, 0.3) is 11.3 Å². The fourth-order valence-electron chi connectivity index (χ4n) is 4.32. The van der Waals surface area contributed by atoms with Crippen molar-refractivity contribution in [3.63, 3.8) is 0 Å². The summed E-state index contributed by atoms with van der Waals surface area (Å²) in [4.78, 5) is 29.1. The highest BCUT2D eigenvalue weighted by Gasteiger charge is 2.45. The molecule has 3 heterocycles. The summed E-state index contributed by atoms with van der Waals surface area (Å²) < 4.78 is 11.1. The molecule has 33 heavy (non-hydrogen) atoms. The number of carbonyl (C=O) groups is 1. The maximum atomic E-state index is 13.1. The highest BCUT2D eigenvalue weighted by Crippen LogP contribution is 2.37. The van der Waals surface area contributed by atoms with E-state index < -0.39 is 5.41 Å². The maximum absolute atomic E-state index is 13.1. The monoisotopic (exact) mass is 446 g/mol. The van der Waals surface area contributed by atoms with Gasteiger partial charge < -0.3 is 9.47 Å². The number of likely N-dealkylation sites (tertiary alicyclic amines) is 1. The van der Waals surface area contributed by atoms with E-state index in [1.807, 2.05) is 32.0 Å². The molecule has 7 heteroatoms. The van der Waals surface area contributed by atoms with Gasteiger partial charge in [0.2, 0.25) is 5.88 Å². The minimum Gasteiger partial charge on any atom is -0.477 e. The Morgan fingerprint density at radius 2 is 1.76 bits per heavy atom. The van der Waals surface area contributed by atoms with Crippen molar-refractivity contribution in [1.29, 1.82) is 0 Å². The smallest absolute Gasteiger partial charge is 0.318 e. The van der Waals surface area contributed by atoms with Crippen molar-refractivity contribution in [3.8, 4) is 17.1 Å². The summed E-state index contributed by atoms with van der Waals surface area (Å²) in [5.41, 5.74) is 2.58. The van der Waals surface area contributed by atoms with Gasteiger partial charge in [-0.05, 0) is 57.5 Å². The Labute approximate surface area is 194 Å². The van der Waals surface area contributed by atoms with E-state index >= 15 is 0 Å². The number of ether oxygens (including phenoxy) is 2. The highest BCUT2D eigenvalue weighted by molar-refractivity contribution is 5.83. The molecule has 4 rings (SSSR count). The van der Waals surface area contributed by atoms with Gasteiger partial charge in [0.25, 0.3) is 0 Å². The van der Waals surface area contributed by atoms with Gasteiger partial charge in [-0.25, -0.2) is 4.98 Å². The van der Waals surface area contributed by atoms with Crippen molar-refractivity contribution < 1.29 is 14.3 Å². The van der Waals surface area contributed by atoms with Crippen LogP contribution < -0.4 is 4.74 Å². The van der Waals surface area contributed by atoms with Gasteiger partial charge in [0.15, 0.2) is 0 Å². The Kier molecular flexibility index (Phi) is 7.29. The van der Waals surface area contributed by atoms with Crippen molar-refractivity contribution in [1.82, 2.24) is 19.9 Å². The number of carbonyl (C=O) groups excluding carboxylic acids is 1. The van der Waals surface area contributed by atoms with Gasteiger partial charge in [0.1, 0.15) is 5.41 Å². The average molecular weight is 447 g/mol. The van der Waals surface area contributed by atoms with Crippen molar-refractivity contribution in [2.45, 2.75) is 38.6 Å². The molecule has 0 aliphatic carbocycles. The molecule has 0 amide bonds. The van der Waals surface area contributed by atoms with Gasteiger partial charge >= 0.3 is 5.97 Å². The van der Waals surface area contributed by atoms with Gasteiger partial charge in [0, 0.05) is 12.7 Å². The lowest BCUT2D eigenvalue weighted by Crippen LogP contribution is -2.48. The SMILES string of the molecule is CCOC(=O)C1(c2cnc(-c3cccnc3OCC)cn2)CCN(Cc2ccccc2)CC1. The van der Waals surface area contributed by atoms with Crippen LogP contribution in [0.1, 0.15) is 37.9 Å². The highest BCUT2D eigenvalue weighted by atomic mass is 16.5. The van der Waals surface area contributed by atoms with Crippen molar-refractivity contribution >= 4 is 5.97 Å². The Morgan fingerprint density at radius 3 is 2.42 bits per heavy atom. The second-order valence-corrected chi connectivity index (χ2v) is 8.14. The van der Waals surface area contributed by atoms with Gasteiger partial charge in [-0.3, -0.25) is 19.7 Å². The molecule has 1 saturated heterocycles. The molecular formula is C26H30N4O3. The first-order valence-corrected chi connectivity index (χ1v) is 11.5. The zero-order valence-electron chi connectivity index (χ0n) is 19.2. The molecule has 2 aromatic heterocycles. The Bertz CT molecular complexity index is 1050. The fraction of sp³-hybridized carbons (Fsp3) is 0.385. The molecule has 172 valence electrons. The molecule has 0 bridgehead atoms. The fourth-order valence-corrected chi connectivity index (χ4v) is 4.32. The number of aromatic nitrogens is 3. The normalized spacial score (nSPS) is 15.7. The summed E-state index contributed by atoms with van der Waals surface area (Å²) in [6.07, 6.45) is 6.39. The zero-order chi connectivity index (χ0) is 23.1. The van der Waals surface area contributed by atoms with Crippen LogP contribution in [0.4, 0.5) is 0 Å². The molecule has 1 aliphatic heterocycles. The number of nitrogens with zero attached hydrogens (tertiary/aromatic N) is 4. The minimum absolute atomic E-state index is 0.220. The Balaban J connectivity index is 1.56. The summed E-state index contributed by atoms with van der Waals surface area (Å²) in [6, 6.07) is 14.1. The third kappa shape index (κ3) is 5.03. The topological polar surface area (TPSA) is 77.4 Å². The Morgan fingerprint density at radius 1 is 0.970 bits per heavy atom. The van der Waals surface area contributed by atoms with E-state index in [0.717, 1.165) is 25.2 Å². The standard InChI is InChI=1S/C26H30N4O3/c1-3-32-24-21(11-8-14-27-24)22-17-29-23(18-28-22)26(25(31)33-4-2)12-15-30(16-13-26)19-20-9-6-5-7-10-20/h5-11,14,17-18H,3-4,12-13,15-16,19H2,1-2H3. The number of rotatable bonds is 8. The van der Waals surface area contributed by atoms with Crippen LogP contribution in [0, 0.1) is 0 Å². The summed E-state index contributed by atoms with van der Waals surface area (Å²) >= 11 is 0. The van der Waals surface area contributed by atoms with Crippen LogP contribution in [-0.4, -0.2) is 52.1 Å². The largest absolute Gasteiger partial charge is 0.477 e. The molecule has 0 atom stereocenters. The lowest BCUT2D eigenvalue weighted by molar-refractivity contribution is -0.152. The summed E-state index contributed by atoms with van der Waals surface area (Å²) in [5, 5.41) is 0. The molecule has 7 nitrogen and oxygen atoms in total. The molecule has 3 aromatic rings. The molecule has 0 spiro atoms. The van der Waals surface area contributed by atoms with E-state index in [9.17, 15) is 4.79 Å². The quantitative estimate of drug-likeness (QED) is 0.483. The molecule has 1 aliphatic rings. The maximum Gasteiger partial charge on any atom is 0.318 e. The second kappa shape index (κ2) is 10.5. The van der Waals surface area contributed by atoms with E-state index in [1.165, 1.54) is 5.56 Å². The Hall–Kier alpha value is -3.32. The molecular weight excluding hydrogens is 416 g/mol. The van der Waals surface area contributed by atoms with Crippen LogP contribution in [-0.2, 0) is 21.5 Å². The first-order valence-electron chi connectivity index (χ1n) is 11.5. The van der Waals surface area contributed by atoms with E-state index in [2.05, 4.69) is 39.1 Å². The van der Waals surface area contributed by atoms with Crippen molar-refractivity contribution in [2.24, 2.45) is 0 Å². The van der Waals surface area contributed by atoms with Crippen LogP contribution in [0.3, 0.4) is 0 Å². The third-order valence-corrected chi connectivity index (χ3v) is 6.10. The van der Waals surface area contributed by atoms with E-state index in [4.69, 9.17) is 14.5 Å². The van der Waals surface area contributed by atoms with E-state index in [1.54, 1.807) is 18.6 Å². The number of hydrogen-bond donors (Lipinski definition) is 0. The van der Waals surface area contributed by atoms with Crippen LogP contribution in [0.2, 0.25) is 0 Å². The summed E-state index contributed by atoms with van der Waals surface area (Å²) in [6.45, 7) is 7.05. The lowest BCUT2D eigenvalue weighted by atomic mass is 9.75. The molecule has 0 unspecified atom stereocenters. The van der Waals surface area contributed by atoms with Crippen LogP contribution in [0.15, 0.2) is 61.1 Å². The number of benzene rings is 1. The van der Waals surface area contributed by atoms with Gasteiger partial charge in [0.05, 0.1) is 42.6 Å². The van der Waals surface area contributed by atoms with Crippen molar-refractivity contribution in [3.05, 3.63) is 72.3 Å². The predicted molar refractivity (Wildman–Crippen MR) is 126 cm³/mol. The first kappa shape index (κ1) is 22.9. The number of piperidine rings is 1. The second-order valence-electron chi connectivity index (χ2n) is 8.14. The average Bonchev–Trinajstić information content (AvgIpc) is 2.86. The number of pyridine rings is 1. The molecule has 0 radical (unpaired) electrons. The minimum atomic E-state index is -0.785. The van der Waals surface area contributed by atoms with E-state index in [0.29, 0.717) is 43.3 Å². The molecule has 1 aromatic carbocycles. The lowest BCUT2D eigenvalue weighted by Gasteiger charge is -2.39. The number of hydrogen-bond acceptors (Lipinski definition) is 7. The van der Waals surface area contributed by atoms with Gasteiger partial charge in [-0.1, -0.05) is 30.3 Å². The van der Waals surface area contributed by atoms with Gasteiger partial charge in [-0.15, -0.1) is 0 Å². The number of esters is 1. The first-order chi connectivity index (χ1) is 16.2. The molecule has 0 N–H and O–H groups in total. The predicted octanol–water partition coefficient (Wildman–Crippen LogP) is 4.03. The summed E-state index contributed by atoms with van der Waals surface area (Å²) in [7, 11) is 0. The molecule has 0 saturated carbocycles. The van der Waals surface area contributed by atoms with Crippen LogP contribution >= 0.6 is 0 Å². The van der Waals surface area contributed by atoms with Crippen molar-refractivity contribution in [2.75, 3.05) is 26.3 Å². The van der Waals surface area contributed by atoms with Gasteiger partial charge in [-0.2, -0.15) is 0 Å². The zero-order valence-corrected chi connectivity index (χ0v) is 19.2. The molecule has 1 fully saturated rings. The third-order valence-electron chi connectivity index (χ3n) is 6.10.